The van der Waals surface area contributed by atoms with Crippen LogP contribution in [0.15, 0.2) is 72.0 Å². The highest BCUT2D eigenvalue weighted by molar-refractivity contribution is 8.00. The van der Waals surface area contributed by atoms with Gasteiger partial charge < -0.3 is 5.11 Å². The first kappa shape index (κ1) is 20.9. The Morgan fingerprint density at radius 2 is 1.58 bits per heavy atom. The number of nitrogens with zero attached hydrogens (tertiary/aromatic N) is 2. The summed E-state index contributed by atoms with van der Waals surface area (Å²) >= 11 is 1.82. The van der Waals surface area contributed by atoms with Crippen molar-refractivity contribution in [1.29, 1.82) is 0 Å². The maximum Gasteiger partial charge on any atom is 0.303 e. The van der Waals surface area contributed by atoms with E-state index in [4.69, 9.17) is 9.97 Å². The topological polar surface area (TPSA) is 63.1 Å². The summed E-state index contributed by atoms with van der Waals surface area (Å²) in [5.74, 6) is 0.650. The molecule has 1 N–H and O–H groups in total. The van der Waals surface area contributed by atoms with Crippen LogP contribution in [0.5, 0.6) is 0 Å². The SMILES string of the molecule is O=C(O)CC12CC3CC(C1)CC(Sc1ncc(-c4ccccc4)c(-c4ccccc4)n1)(C3)C2. The molecule has 0 aliphatic heterocycles. The van der Waals surface area contributed by atoms with Crippen molar-refractivity contribution >= 4 is 17.7 Å². The molecule has 4 aliphatic carbocycles. The molecule has 2 unspecified atom stereocenters. The lowest BCUT2D eigenvalue weighted by Crippen LogP contribution is -2.54. The summed E-state index contributed by atoms with van der Waals surface area (Å²) in [6.45, 7) is 0. The van der Waals surface area contributed by atoms with Gasteiger partial charge in [0.05, 0.1) is 12.1 Å². The zero-order chi connectivity index (χ0) is 22.5. The molecule has 4 bridgehead atoms. The van der Waals surface area contributed by atoms with Crippen LogP contribution >= 0.6 is 11.8 Å². The molecule has 1 aromatic heterocycles. The molecule has 7 rings (SSSR count). The van der Waals surface area contributed by atoms with Gasteiger partial charge in [-0.25, -0.2) is 9.97 Å². The number of carboxylic acid groups (broad SMARTS) is 1. The average Bonchev–Trinajstić information content (AvgIpc) is 2.78. The Morgan fingerprint density at radius 3 is 2.21 bits per heavy atom. The smallest absolute Gasteiger partial charge is 0.303 e. The quantitative estimate of drug-likeness (QED) is 0.417. The third-order valence-electron chi connectivity index (χ3n) is 7.86. The van der Waals surface area contributed by atoms with E-state index in [1.165, 1.54) is 19.3 Å². The predicted molar refractivity (Wildman–Crippen MR) is 131 cm³/mol. The third kappa shape index (κ3) is 3.97. The van der Waals surface area contributed by atoms with E-state index >= 15 is 0 Å². The van der Waals surface area contributed by atoms with Crippen LogP contribution in [0.25, 0.3) is 22.4 Å². The molecule has 4 nitrogen and oxygen atoms in total. The van der Waals surface area contributed by atoms with Crippen LogP contribution in [-0.2, 0) is 4.79 Å². The second-order valence-corrected chi connectivity index (χ2v) is 11.9. The fourth-order valence-corrected chi connectivity index (χ4v) is 8.91. The van der Waals surface area contributed by atoms with Crippen molar-refractivity contribution in [2.45, 2.75) is 54.8 Å². The van der Waals surface area contributed by atoms with Crippen LogP contribution in [0.1, 0.15) is 44.9 Å². The molecule has 33 heavy (non-hydrogen) atoms. The molecule has 5 heteroatoms. The summed E-state index contributed by atoms with van der Waals surface area (Å²) < 4.78 is 0.0712. The van der Waals surface area contributed by atoms with Gasteiger partial charge in [0.1, 0.15) is 0 Å². The van der Waals surface area contributed by atoms with Crippen LogP contribution in [0.2, 0.25) is 0 Å². The van der Waals surface area contributed by atoms with E-state index < -0.39 is 5.97 Å². The molecule has 0 saturated heterocycles. The number of hydrogen-bond acceptors (Lipinski definition) is 4. The molecule has 4 fully saturated rings. The molecule has 3 aromatic rings. The fraction of sp³-hybridized carbons (Fsp3) is 0.393. The largest absolute Gasteiger partial charge is 0.481 e. The van der Waals surface area contributed by atoms with E-state index in [1.807, 2.05) is 54.4 Å². The van der Waals surface area contributed by atoms with Gasteiger partial charge >= 0.3 is 5.97 Å². The molecular formula is C28H28N2O2S. The summed E-state index contributed by atoms with van der Waals surface area (Å²) in [6, 6.07) is 20.7. The van der Waals surface area contributed by atoms with Gasteiger partial charge in [-0.1, -0.05) is 72.4 Å². The zero-order valence-electron chi connectivity index (χ0n) is 18.6. The Kier molecular flexibility index (Phi) is 5.06. The van der Waals surface area contributed by atoms with Crippen LogP contribution in [-0.4, -0.2) is 25.8 Å². The maximum atomic E-state index is 11.7. The lowest BCUT2D eigenvalue weighted by Gasteiger charge is -2.61. The van der Waals surface area contributed by atoms with Gasteiger partial charge in [0.2, 0.25) is 0 Å². The van der Waals surface area contributed by atoms with Crippen molar-refractivity contribution in [1.82, 2.24) is 9.97 Å². The van der Waals surface area contributed by atoms with Gasteiger partial charge in [-0.3, -0.25) is 4.79 Å². The Morgan fingerprint density at radius 1 is 0.939 bits per heavy atom. The van der Waals surface area contributed by atoms with Crippen molar-refractivity contribution in [3.63, 3.8) is 0 Å². The zero-order valence-corrected chi connectivity index (χ0v) is 19.4. The minimum absolute atomic E-state index is 0.0326. The van der Waals surface area contributed by atoms with Crippen molar-refractivity contribution in [3.05, 3.63) is 66.9 Å². The van der Waals surface area contributed by atoms with E-state index in [0.717, 1.165) is 46.8 Å². The molecule has 168 valence electrons. The van der Waals surface area contributed by atoms with Gasteiger partial charge in [-0.05, 0) is 61.3 Å². The lowest BCUT2D eigenvalue weighted by atomic mass is 9.48. The van der Waals surface area contributed by atoms with Gasteiger partial charge in [-0.15, -0.1) is 0 Å². The minimum Gasteiger partial charge on any atom is -0.481 e. The van der Waals surface area contributed by atoms with Crippen molar-refractivity contribution in [2.24, 2.45) is 17.3 Å². The molecule has 0 spiro atoms. The number of rotatable bonds is 6. The number of benzene rings is 2. The second kappa shape index (κ2) is 7.98. The molecular weight excluding hydrogens is 428 g/mol. The monoisotopic (exact) mass is 456 g/mol. The Bertz CT molecular complexity index is 1170. The number of hydrogen-bond donors (Lipinski definition) is 1. The number of carboxylic acids is 1. The second-order valence-electron chi connectivity index (χ2n) is 10.5. The molecule has 2 atom stereocenters. The van der Waals surface area contributed by atoms with E-state index in [9.17, 15) is 9.90 Å². The summed E-state index contributed by atoms with van der Waals surface area (Å²) in [5.41, 5.74) is 4.18. The lowest BCUT2D eigenvalue weighted by molar-refractivity contribution is -0.144. The van der Waals surface area contributed by atoms with E-state index in [2.05, 4.69) is 24.3 Å². The molecule has 4 saturated carbocycles. The highest BCUT2D eigenvalue weighted by Gasteiger charge is 2.58. The molecule has 1 heterocycles. The highest BCUT2D eigenvalue weighted by Crippen LogP contribution is 2.67. The van der Waals surface area contributed by atoms with Gasteiger partial charge in [0.15, 0.2) is 5.16 Å². The Labute approximate surface area is 198 Å². The number of carbonyl (C=O) groups is 1. The standard InChI is InChI=1S/C28H28N2O2S/c31-24(32)16-27-12-19-11-20(13-27)15-28(14-19,18-27)33-26-29-17-23(21-7-3-1-4-8-21)25(30-26)22-9-5-2-6-10-22/h1-10,17,19-20H,11-16,18H2,(H,31,32). The normalized spacial score (nSPS) is 29.8. The molecule has 2 aromatic carbocycles. The van der Waals surface area contributed by atoms with Gasteiger partial charge in [0.25, 0.3) is 0 Å². The molecule has 4 aliphatic rings. The highest BCUT2D eigenvalue weighted by atomic mass is 32.2. The van der Waals surface area contributed by atoms with Gasteiger partial charge in [0, 0.05) is 22.1 Å². The Balaban J connectivity index is 1.37. The maximum absolute atomic E-state index is 11.7. The van der Waals surface area contributed by atoms with Crippen molar-refractivity contribution in [2.75, 3.05) is 0 Å². The van der Waals surface area contributed by atoms with Gasteiger partial charge in [-0.2, -0.15) is 0 Å². The first-order valence-electron chi connectivity index (χ1n) is 11.9. The minimum atomic E-state index is -0.646. The third-order valence-corrected chi connectivity index (χ3v) is 9.15. The fourth-order valence-electron chi connectivity index (χ4n) is 7.27. The number of aromatic nitrogens is 2. The first-order valence-corrected chi connectivity index (χ1v) is 12.7. The molecule has 0 amide bonds. The van der Waals surface area contributed by atoms with Crippen LogP contribution in [0.3, 0.4) is 0 Å². The first-order chi connectivity index (χ1) is 16.0. The summed E-state index contributed by atoms with van der Waals surface area (Å²) in [7, 11) is 0. The van der Waals surface area contributed by atoms with E-state index in [0.29, 0.717) is 18.3 Å². The number of aliphatic carboxylic acids is 1. The van der Waals surface area contributed by atoms with Crippen LogP contribution < -0.4 is 0 Å². The van der Waals surface area contributed by atoms with E-state index in [1.54, 1.807) is 0 Å². The Hall–Kier alpha value is -2.66. The van der Waals surface area contributed by atoms with E-state index in [-0.39, 0.29) is 10.2 Å². The number of thioether (sulfide) groups is 1. The van der Waals surface area contributed by atoms with Crippen molar-refractivity contribution < 1.29 is 9.90 Å². The van der Waals surface area contributed by atoms with Crippen LogP contribution in [0.4, 0.5) is 0 Å². The predicted octanol–water partition coefficient (Wildman–Crippen LogP) is 6.72. The van der Waals surface area contributed by atoms with Crippen molar-refractivity contribution in [3.8, 4) is 22.4 Å². The summed E-state index contributed by atoms with van der Waals surface area (Å²) in [5, 5.41) is 10.4. The average molecular weight is 457 g/mol. The van der Waals surface area contributed by atoms with Crippen LogP contribution in [0, 0.1) is 17.3 Å². The summed E-state index contributed by atoms with van der Waals surface area (Å²) in [4.78, 5) is 21.6. The molecule has 0 radical (unpaired) electrons. The summed E-state index contributed by atoms with van der Waals surface area (Å²) in [6.07, 6.45) is 9.04.